The Morgan fingerprint density at radius 3 is 2.39 bits per heavy atom. The van der Waals surface area contributed by atoms with Gasteiger partial charge in [0.15, 0.2) is 0 Å². The first-order valence-corrected chi connectivity index (χ1v) is 12.0. The molecule has 1 amide bonds. The van der Waals surface area contributed by atoms with Gasteiger partial charge < -0.3 is 5.32 Å². The van der Waals surface area contributed by atoms with Crippen LogP contribution in [0.25, 0.3) is 0 Å². The van der Waals surface area contributed by atoms with Crippen molar-refractivity contribution < 1.29 is 31.0 Å². The van der Waals surface area contributed by atoms with Crippen LogP contribution in [0, 0.1) is 22.5 Å². The van der Waals surface area contributed by atoms with E-state index in [1.165, 1.54) is 25.3 Å². The van der Waals surface area contributed by atoms with E-state index in [0.717, 1.165) is 10.9 Å². The highest BCUT2D eigenvalue weighted by Gasteiger charge is 2.78. The molecule has 0 aliphatic heterocycles. The number of alkyl halides is 5. The number of aromatic nitrogens is 3. The van der Waals surface area contributed by atoms with Crippen LogP contribution in [0.3, 0.4) is 0 Å². The molecule has 2 aromatic heterocycles. The molecule has 5 rings (SSSR count). The van der Waals surface area contributed by atoms with Crippen molar-refractivity contribution in [1.82, 2.24) is 14.8 Å². The monoisotopic (exact) mass is 491 g/mol. The van der Waals surface area contributed by atoms with Crippen molar-refractivity contribution >= 4 is 21.3 Å². The molecule has 0 saturated heterocycles. The van der Waals surface area contributed by atoms with Gasteiger partial charge in [-0.05, 0) is 43.7 Å². The fourth-order valence-corrected chi connectivity index (χ4v) is 5.66. The summed E-state index contributed by atoms with van der Waals surface area (Å²) in [5.41, 5.74) is -3.18. The van der Waals surface area contributed by atoms with E-state index in [1.807, 2.05) is 0 Å². The van der Waals surface area contributed by atoms with Crippen LogP contribution in [0.5, 0.6) is 0 Å². The molecule has 1 unspecified atom stereocenters. The molecule has 2 heterocycles. The van der Waals surface area contributed by atoms with Crippen LogP contribution < -0.4 is 5.32 Å². The lowest BCUT2D eigenvalue weighted by Gasteiger charge is -2.70. The smallest absolute Gasteiger partial charge is 0.321 e. The summed E-state index contributed by atoms with van der Waals surface area (Å²) < 4.78 is 88.5. The lowest BCUT2D eigenvalue weighted by Crippen LogP contribution is -2.69. The molecule has 180 valence electrons. The number of pyridine rings is 1. The minimum atomic E-state index is -4.31. The van der Waals surface area contributed by atoms with E-state index in [-0.39, 0.29) is 47.8 Å². The van der Waals surface area contributed by atoms with Crippen molar-refractivity contribution in [2.24, 2.45) is 10.8 Å². The summed E-state index contributed by atoms with van der Waals surface area (Å²) >= 11 is 0. The van der Waals surface area contributed by atoms with E-state index >= 15 is 0 Å². The van der Waals surface area contributed by atoms with E-state index in [0.29, 0.717) is 6.92 Å². The second-order valence-corrected chi connectivity index (χ2v) is 11.5. The number of hydrogen-bond acceptors (Lipinski definition) is 5. The van der Waals surface area contributed by atoms with E-state index in [4.69, 9.17) is 4.78 Å². The molecule has 1 atom stereocenters. The van der Waals surface area contributed by atoms with Gasteiger partial charge in [-0.1, -0.05) is 0 Å². The molecule has 3 aliphatic rings. The molecule has 2 bridgehead atoms. The molecule has 0 radical (unpaired) electrons. The largest absolute Gasteiger partial charge is 0.394 e. The molecule has 13 heteroatoms. The van der Waals surface area contributed by atoms with Gasteiger partial charge in [-0.15, -0.1) is 0 Å². The fraction of sp³-hybridized carbons (Fsp3) is 0.550. The highest BCUT2D eigenvalue weighted by Crippen LogP contribution is 2.78. The Balaban J connectivity index is 1.64. The average Bonchev–Trinajstić information content (AvgIpc) is 2.91. The minimum Gasteiger partial charge on any atom is -0.321 e. The van der Waals surface area contributed by atoms with Crippen molar-refractivity contribution in [3.05, 3.63) is 35.3 Å². The second-order valence-electron chi connectivity index (χ2n) is 9.36. The summed E-state index contributed by atoms with van der Waals surface area (Å²) in [6.07, 6.45) is -2.27. The number of hydrogen-bond donors (Lipinski definition) is 2. The van der Waals surface area contributed by atoms with Crippen molar-refractivity contribution in [1.29, 1.82) is 4.78 Å². The SMILES string of the molecule is Cc1c(C(C)(F)F)nn(CC23CC(C(F)(F)F)(C2)C3)c1C(=O)Nc1ccnc(S(C)(=N)=O)c1. The topological polar surface area (TPSA) is 101 Å². The molecule has 2 aromatic rings. The summed E-state index contributed by atoms with van der Waals surface area (Å²) in [4.78, 5) is 16.9. The molecule has 2 N–H and O–H groups in total. The molecule has 3 aliphatic carbocycles. The first kappa shape index (κ1) is 23.6. The van der Waals surface area contributed by atoms with Gasteiger partial charge >= 0.3 is 6.18 Å². The van der Waals surface area contributed by atoms with Crippen LogP contribution in [0.4, 0.5) is 27.6 Å². The van der Waals surface area contributed by atoms with E-state index in [2.05, 4.69) is 15.4 Å². The van der Waals surface area contributed by atoms with E-state index in [9.17, 15) is 31.0 Å². The van der Waals surface area contributed by atoms with Gasteiger partial charge in [0.05, 0.1) is 15.1 Å². The first-order valence-electron chi connectivity index (χ1n) is 10.0. The third-order valence-electron chi connectivity index (χ3n) is 6.44. The van der Waals surface area contributed by atoms with Crippen molar-refractivity contribution in [3.8, 4) is 0 Å². The zero-order valence-corrected chi connectivity index (χ0v) is 18.8. The molecular weight excluding hydrogens is 469 g/mol. The lowest BCUT2D eigenvalue weighted by atomic mass is 9.35. The highest BCUT2D eigenvalue weighted by atomic mass is 32.2. The Labute approximate surface area is 186 Å². The molecule has 7 nitrogen and oxygen atoms in total. The fourth-order valence-electron chi connectivity index (χ4n) is 5.05. The molecule has 3 saturated carbocycles. The zero-order chi connectivity index (χ0) is 24.6. The number of nitrogens with one attached hydrogen (secondary N) is 2. The van der Waals surface area contributed by atoms with Crippen LogP contribution in [0.2, 0.25) is 0 Å². The number of amides is 1. The van der Waals surface area contributed by atoms with Gasteiger partial charge in [0.2, 0.25) is 0 Å². The third-order valence-corrected chi connectivity index (χ3v) is 7.46. The van der Waals surface area contributed by atoms with Gasteiger partial charge in [0.1, 0.15) is 16.4 Å². The maximum absolute atomic E-state index is 14.1. The van der Waals surface area contributed by atoms with Crippen molar-refractivity contribution in [2.75, 3.05) is 11.6 Å². The third kappa shape index (κ3) is 3.89. The number of halogens is 5. The summed E-state index contributed by atoms with van der Waals surface area (Å²) in [5.74, 6) is -4.16. The number of rotatable bonds is 6. The summed E-state index contributed by atoms with van der Waals surface area (Å²) in [6.45, 7) is 1.86. The normalized spacial score (nSPS) is 26.2. The molecule has 0 spiro atoms. The Bertz CT molecular complexity index is 1230. The van der Waals surface area contributed by atoms with E-state index in [1.54, 1.807) is 0 Å². The number of anilines is 1. The van der Waals surface area contributed by atoms with E-state index < -0.39 is 44.3 Å². The van der Waals surface area contributed by atoms with Crippen LogP contribution in [-0.2, 0) is 22.2 Å². The highest BCUT2D eigenvalue weighted by molar-refractivity contribution is 7.91. The van der Waals surface area contributed by atoms with Crippen LogP contribution in [0.1, 0.15) is 47.9 Å². The second kappa shape index (κ2) is 6.97. The van der Waals surface area contributed by atoms with Gasteiger partial charge in [0, 0.05) is 37.2 Å². The lowest BCUT2D eigenvalue weighted by molar-refractivity contribution is -0.366. The Kier molecular flexibility index (Phi) is 4.98. The Morgan fingerprint density at radius 2 is 1.88 bits per heavy atom. The first-order chi connectivity index (χ1) is 15.0. The molecule has 3 fully saturated rings. The summed E-state index contributed by atoms with van der Waals surface area (Å²) in [7, 11) is -3.16. The van der Waals surface area contributed by atoms with Gasteiger partial charge in [-0.2, -0.15) is 27.1 Å². The number of carbonyl (C=O) groups is 1. The number of nitrogens with zero attached hydrogens (tertiary/aromatic N) is 3. The number of carbonyl (C=O) groups excluding carboxylic acids is 1. The summed E-state index contributed by atoms with van der Waals surface area (Å²) in [5, 5.41) is 6.35. The van der Waals surface area contributed by atoms with Crippen LogP contribution in [-0.4, -0.2) is 37.3 Å². The zero-order valence-electron chi connectivity index (χ0n) is 18.0. The minimum absolute atomic E-state index is 0.0716. The molecule has 0 aromatic carbocycles. The predicted molar refractivity (Wildman–Crippen MR) is 109 cm³/mol. The Hall–Kier alpha value is -2.57. The van der Waals surface area contributed by atoms with Gasteiger partial charge in [0.25, 0.3) is 11.8 Å². The quantitative estimate of drug-likeness (QED) is 0.571. The maximum atomic E-state index is 14.1. The van der Waals surface area contributed by atoms with Gasteiger partial charge in [-0.25, -0.2) is 14.0 Å². The average molecular weight is 491 g/mol. The predicted octanol–water partition coefficient (Wildman–Crippen LogP) is 4.72. The molecule has 33 heavy (non-hydrogen) atoms. The van der Waals surface area contributed by atoms with Crippen molar-refractivity contribution in [2.45, 2.75) is 56.8 Å². The Morgan fingerprint density at radius 1 is 1.27 bits per heavy atom. The molecular formula is C20H22F5N5O2S. The summed E-state index contributed by atoms with van der Waals surface area (Å²) in [6, 6.07) is 2.62. The van der Waals surface area contributed by atoms with Crippen LogP contribution in [0.15, 0.2) is 23.4 Å². The van der Waals surface area contributed by atoms with Crippen LogP contribution >= 0.6 is 0 Å². The maximum Gasteiger partial charge on any atom is 0.394 e. The van der Waals surface area contributed by atoms with Crippen molar-refractivity contribution in [3.63, 3.8) is 0 Å². The standard InChI is InChI=1S/C20H22F5N5O2S/c1-11-14(16(31)28-12-4-5-27-13(6-12)33(3,26)32)30(29-15(11)17(2,21)22)10-18-7-19(8-18,9-18)20(23,24)25/h4-6,26H,7-10H2,1-3H3,(H,27,28,31). The van der Waals surface area contributed by atoms with Gasteiger partial charge in [-0.3, -0.25) is 9.48 Å².